The summed E-state index contributed by atoms with van der Waals surface area (Å²) in [5, 5.41) is 2.55. The third-order valence-corrected chi connectivity index (χ3v) is 3.58. The molecule has 0 aliphatic carbocycles. The number of carbonyl (C=O) groups is 2. The van der Waals surface area contributed by atoms with Crippen LogP contribution < -0.4 is 11.1 Å². The van der Waals surface area contributed by atoms with Gasteiger partial charge in [-0.15, -0.1) is 0 Å². The first-order valence-corrected chi connectivity index (χ1v) is 7.03. The number of carbonyl (C=O) groups excluding carboxylic acids is 2. The summed E-state index contributed by atoms with van der Waals surface area (Å²) in [4.78, 5) is 25.9. The lowest BCUT2D eigenvalue weighted by atomic mass is 10.0. The van der Waals surface area contributed by atoms with Gasteiger partial charge in [0.05, 0.1) is 19.3 Å². The van der Waals surface area contributed by atoms with Crippen LogP contribution >= 0.6 is 0 Å². The molecule has 2 atom stereocenters. The van der Waals surface area contributed by atoms with Crippen LogP contribution in [0.2, 0.25) is 0 Å². The first-order valence-electron chi connectivity index (χ1n) is 7.03. The van der Waals surface area contributed by atoms with E-state index >= 15 is 0 Å². The van der Waals surface area contributed by atoms with Crippen LogP contribution in [0.4, 0.5) is 0 Å². The minimum atomic E-state index is -0.655. The molecule has 0 saturated carbocycles. The Morgan fingerprint density at radius 1 is 1.43 bits per heavy atom. The van der Waals surface area contributed by atoms with Gasteiger partial charge in [-0.2, -0.15) is 0 Å². The van der Waals surface area contributed by atoms with Gasteiger partial charge in [0, 0.05) is 13.6 Å². The van der Waals surface area contributed by atoms with Gasteiger partial charge < -0.3 is 20.7 Å². The van der Waals surface area contributed by atoms with Crippen molar-refractivity contribution < 1.29 is 14.3 Å². The molecule has 0 bridgehead atoms. The van der Waals surface area contributed by atoms with Crippen molar-refractivity contribution in [2.75, 3.05) is 26.8 Å². The van der Waals surface area contributed by atoms with Gasteiger partial charge in [0.1, 0.15) is 6.04 Å². The molecule has 1 aliphatic rings. The molecule has 114 valence electrons. The van der Waals surface area contributed by atoms with Crippen LogP contribution in [-0.2, 0) is 20.7 Å². The van der Waals surface area contributed by atoms with Crippen molar-refractivity contribution >= 4 is 11.8 Å². The van der Waals surface area contributed by atoms with Crippen LogP contribution in [0.25, 0.3) is 0 Å². The molecule has 1 aromatic rings. The van der Waals surface area contributed by atoms with Crippen LogP contribution in [0.15, 0.2) is 30.3 Å². The Hall–Kier alpha value is -1.92. The number of hydrogen-bond acceptors (Lipinski definition) is 4. The highest BCUT2D eigenvalue weighted by molar-refractivity contribution is 5.90. The Labute approximate surface area is 124 Å². The van der Waals surface area contributed by atoms with E-state index in [2.05, 4.69) is 5.32 Å². The molecule has 6 nitrogen and oxygen atoms in total. The highest BCUT2D eigenvalue weighted by atomic mass is 16.5. The fraction of sp³-hybridized carbons (Fsp3) is 0.467. The monoisotopic (exact) mass is 291 g/mol. The summed E-state index contributed by atoms with van der Waals surface area (Å²) in [5.74, 6) is -0.439. The van der Waals surface area contributed by atoms with Gasteiger partial charge in [0.2, 0.25) is 11.8 Å². The first-order chi connectivity index (χ1) is 10.1. The van der Waals surface area contributed by atoms with Crippen LogP contribution in [0, 0.1) is 0 Å². The van der Waals surface area contributed by atoms with Gasteiger partial charge in [-0.3, -0.25) is 9.59 Å². The lowest BCUT2D eigenvalue weighted by Crippen LogP contribution is -2.59. The van der Waals surface area contributed by atoms with Crippen LogP contribution in [-0.4, -0.2) is 55.6 Å². The van der Waals surface area contributed by atoms with Gasteiger partial charge >= 0.3 is 0 Å². The third kappa shape index (κ3) is 3.80. The molecule has 6 heteroatoms. The summed E-state index contributed by atoms with van der Waals surface area (Å²) in [6, 6.07) is 8.35. The standard InChI is InChI=1S/C15H21N3O3/c1-17-14(19)13-10-21-8-7-18(13)15(20)12(16)9-11-5-3-2-4-6-11/h2-6,12-13H,7-10,16H2,1H3,(H,17,19)/t12-,13?/m0/s1. The van der Waals surface area contributed by atoms with E-state index < -0.39 is 12.1 Å². The molecule has 2 amide bonds. The van der Waals surface area contributed by atoms with Gasteiger partial charge in [0.25, 0.3) is 0 Å². The van der Waals surface area contributed by atoms with Crippen LogP contribution in [0.1, 0.15) is 5.56 Å². The highest BCUT2D eigenvalue weighted by Crippen LogP contribution is 2.11. The lowest BCUT2D eigenvalue weighted by Gasteiger charge is -2.35. The molecule has 1 heterocycles. The zero-order chi connectivity index (χ0) is 15.2. The molecule has 0 aromatic heterocycles. The van der Waals surface area contributed by atoms with Crippen molar-refractivity contribution in [1.29, 1.82) is 0 Å². The smallest absolute Gasteiger partial charge is 0.244 e. The summed E-state index contributed by atoms with van der Waals surface area (Å²) in [6.07, 6.45) is 0.456. The molecule has 3 N–H and O–H groups in total. The Morgan fingerprint density at radius 2 is 2.14 bits per heavy atom. The van der Waals surface area contributed by atoms with Crippen molar-refractivity contribution in [3.8, 4) is 0 Å². The predicted octanol–water partition coefficient (Wildman–Crippen LogP) is -0.470. The zero-order valence-corrected chi connectivity index (χ0v) is 12.1. The maximum atomic E-state index is 12.5. The number of benzene rings is 1. The third-order valence-electron chi connectivity index (χ3n) is 3.58. The Bertz CT molecular complexity index is 492. The summed E-state index contributed by atoms with van der Waals surface area (Å²) in [6.45, 7) is 1.03. The maximum Gasteiger partial charge on any atom is 0.244 e. The van der Waals surface area contributed by atoms with Gasteiger partial charge in [-0.05, 0) is 12.0 Å². The van der Waals surface area contributed by atoms with E-state index in [1.807, 2.05) is 30.3 Å². The molecule has 21 heavy (non-hydrogen) atoms. The van der Waals surface area contributed by atoms with Gasteiger partial charge in [0.15, 0.2) is 0 Å². The minimum absolute atomic E-state index is 0.212. The first kappa shape index (κ1) is 15.5. The van der Waals surface area contributed by atoms with Gasteiger partial charge in [-0.1, -0.05) is 30.3 Å². The van der Waals surface area contributed by atoms with E-state index in [4.69, 9.17) is 10.5 Å². The van der Waals surface area contributed by atoms with Crippen molar-refractivity contribution in [3.05, 3.63) is 35.9 Å². The van der Waals surface area contributed by atoms with E-state index in [-0.39, 0.29) is 18.4 Å². The molecular weight excluding hydrogens is 270 g/mol. The Balaban J connectivity index is 2.04. The molecule has 1 fully saturated rings. The predicted molar refractivity (Wildman–Crippen MR) is 78.5 cm³/mol. The number of nitrogens with two attached hydrogens (primary N) is 1. The summed E-state index contributed by atoms with van der Waals surface area (Å²) in [5.41, 5.74) is 7.02. The maximum absolute atomic E-state index is 12.5. The Kier molecular flexibility index (Phi) is 5.30. The van der Waals surface area contributed by atoms with Crippen LogP contribution in [0.3, 0.4) is 0 Å². The second-order valence-corrected chi connectivity index (χ2v) is 5.03. The topological polar surface area (TPSA) is 84.7 Å². The average Bonchev–Trinajstić information content (AvgIpc) is 2.54. The van der Waals surface area contributed by atoms with Crippen molar-refractivity contribution in [2.24, 2.45) is 5.73 Å². The number of ether oxygens (including phenoxy) is 1. The number of rotatable bonds is 4. The molecule has 1 unspecified atom stereocenters. The lowest BCUT2D eigenvalue weighted by molar-refractivity contribution is -0.149. The van der Waals surface area contributed by atoms with E-state index in [1.165, 1.54) is 4.90 Å². The number of amides is 2. The van der Waals surface area contributed by atoms with E-state index in [1.54, 1.807) is 7.05 Å². The molecule has 0 radical (unpaired) electrons. The van der Waals surface area contributed by atoms with Crippen molar-refractivity contribution in [3.63, 3.8) is 0 Å². The van der Waals surface area contributed by atoms with Gasteiger partial charge in [-0.25, -0.2) is 0 Å². The molecule has 2 rings (SSSR count). The summed E-state index contributed by atoms with van der Waals surface area (Å²) in [7, 11) is 1.55. The number of nitrogens with one attached hydrogen (secondary N) is 1. The quantitative estimate of drug-likeness (QED) is 0.785. The van der Waals surface area contributed by atoms with E-state index in [9.17, 15) is 9.59 Å². The average molecular weight is 291 g/mol. The zero-order valence-electron chi connectivity index (χ0n) is 12.1. The largest absolute Gasteiger partial charge is 0.377 e. The van der Waals surface area contributed by atoms with Crippen molar-refractivity contribution in [2.45, 2.75) is 18.5 Å². The van der Waals surface area contributed by atoms with E-state index in [0.29, 0.717) is 19.6 Å². The van der Waals surface area contributed by atoms with E-state index in [0.717, 1.165) is 5.56 Å². The molecular formula is C15H21N3O3. The number of likely N-dealkylation sites (N-methyl/N-ethyl adjacent to an activating group) is 1. The molecule has 1 saturated heterocycles. The summed E-state index contributed by atoms with van der Waals surface area (Å²) < 4.78 is 5.29. The molecule has 1 aliphatic heterocycles. The summed E-state index contributed by atoms with van der Waals surface area (Å²) >= 11 is 0. The van der Waals surface area contributed by atoms with Crippen molar-refractivity contribution in [1.82, 2.24) is 10.2 Å². The molecule has 1 aromatic carbocycles. The number of morpholine rings is 1. The fourth-order valence-corrected chi connectivity index (χ4v) is 2.42. The normalized spacial score (nSPS) is 19.9. The fourth-order valence-electron chi connectivity index (χ4n) is 2.42. The number of nitrogens with zero attached hydrogens (tertiary/aromatic N) is 1. The minimum Gasteiger partial charge on any atom is -0.377 e. The SMILES string of the molecule is CNC(=O)C1COCCN1C(=O)[C@@H](N)Cc1ccccc1. The Morgan fingerprint density at radius 3 is 2.81 bits per heavy atom. The second-order valence-electron chi connectivity index (χ2n) is 5.03. The molecule has 0 spiro atoms. The second kappa shape index (κ2) is 7.19. The highest BCUT2D eigenvalue weighted by Gasteiger charge is 2.34. The van der Waals surface area contributed by atoms with Crippen LogP contribution in [0.5, 0.6) is 0 Å². The number of hydrogen-bond donors (Lipinski definition) is 2.